The van der Waals surface area contributed by atoms with Crippen LogP contribution in [0.1, 0.15) is 19.3 Å². The van der Waals surface area contributed by atoms with E-state index < -0.39 is 0 Å². The van der Waals surface area contributed by atoms with E-state index >= 15 is 0 Å². The molecule has 1 saturated carbocycles. The summed E-state index contributed by atoms with van der Waals surface area (Å²) in [6.07, 6.45) is 4.52. The van der Waals surface area contributed by atoms with Crippen molar-refractivity contribution < 1.29 is 4.79 Å². The molecule has 0 N–H and O–H groups in total. The molecule has 1 nitrogen and oxygen atoms in total. The first-order valence-corrected chi connectivity index (χ1v) is 3.85. The van der Waals surface area contributed by atoms with Gasteiger partial charge in [0.2, 0.25) is 0 Å². The summed E-state index contributed by atoms with van der Waals surface area (Å²) in [4.78, 5) is 10.7. The summed E-state index contributed by atoms with van der Waals surface area (Å²) in [5.74, 6) is 0.301. The second-order valence-corrected chi connectivity index (χ2v) is 3.42. The van der Waals surface area contributed by atoms with E-state index in [-0.39, 0.29) is 0 Å². The van der Waals surface area contributed by atoms with Gasteiger partial charge in [-0.2, -0.15) is 0 Å². The quantitative estimate of drug-likeness (QED) is 0.440. The van der Waals surface area contributed by atoms with Crippen LogP contribution in [0.3, 0.4) is 0 Å². The first-order valence-electron chi connectivity index (χ1n) is 2.94. The fourth-order valence-electron chi connectivity index (χ4n) is 1.10. The van der Waals surface area contributed by atoms with Gasteiger partial charge in [-0.15, -0.1) is 0 Å². The zero-order valence-corrected chi connectivity index (χ0v) is 6.23. The van der Waals surface area contributed by atoms with Gasteiger partial charge in [0.1, 0.15) is 6.29 Å². The molecule has 1 aliphatic rings. The first kappa shape index (κ1) is 6.27. The molecule has 8 heavy (non-hydrogen) atoms. The lowest BCUT2D eigenvalue weighted by atomic mass is 10.1. The number of carbonyl (C=O) groups is 1. The summed E-state index contributed by atoms with van der Waals surface area (Å²) in [6.45, 7) is 0. The first-order chi connectivity index (χ1) is 3.84. The third-order valence-electron chi connectivity index (χ3n) is 1.66. The highest BCUT2D eigenvalue weighted by Crippen LogP contribution is 2.29. The van der Waals surface area contributed by atoms with Crippen molar-refractivity contribution in [1.29, 1.82) is 0 Å². The van der Waals surface area contributed by atoms with Crippen LogP contribution in [0.25, 0.3) is 0 Å². The van der Waals surface area contributed by atoms with Gasteiger partial charge in [-0.25, -0.2) is 0 Å². The van der Waals surface area contributed by atoms with Gasteiger partial charge in [-0.1, -0.05) is 22.4 Å². The zero-order valence-electron chi connectivity index (χ0n) is 4.64. The number of rotatable bonds is 1. The number of alkyl halides is 1. The molecule has 0 saturated heterocycles. The van der Waals surface area contributed by atoms with Crippen LogP contribution >= 0.6 is 15.9 Å². The maximum Gasteiger partial charge on any atom is 0.124 e. The van der Waals surface area contributed by atoms with Gasteiger partial charge < -0.3 is 4.79 Å². The third kappa shape index (κ3) is 1.10. The van der Waals surface area contributed by atoms with E-state index in [0.717, 1.165) is 12.7 Å². The maximum absolute atomic E-state index is 10.2. The summed E-state index contributed by atoms with van der Waals surface area (Å²) < 4.78 is 0. The van der Waals surface area contributed by atoms with Gasteiger partial charge in [-0.3, -0.25) is 0 Å². The van der Waals surface area contributed by atoms with Crippen LogP contribution in [-0.2, 0) is 4.79 Å². The van der Waals surface area contributed by atoms with Crippen LogP contribution < -0.4 is 0 Å². The van der Waals surface area contributed by atoms with Crippen LogP contribution in [0, 0.1) is 5.92 Å². The van der Waals surface area contributed by atoms with Crippen molar-refractivity contribution in [3.8, 4) is 0 Å². The Balaban J connectivity index is 2.41. The molecule has 0 amide bonds. The van der Waals surface area contributed by atoms with Crippen LogP contribution in [0.4, 0.5) is 0 Å². The van der Waals surface area contributed by atoms with Crippen LogP contribution in [-0.4, -0.2) is 11.1 Å². The van der Waals surface area contributed by atoms with Gasteiger partial charge >= 0.3 is 0 Å². The molecule has 0 aromatic rings. The highest BCUT2D eigenvalue weighted by Gasteiger charge is 2.23. The summed E-state index contributed by atoms with van der Waals surface area (Å²) in [6, 6.07) is 0. The molecule has 0 bridgehead atoms. The Morgan fingerprint density at radius 1 is 1.50 bits per heavy atom. The van der Waals surface area contributed by atoms with Crippen molar-refractivity contribution in [2.75, 3.05) is 0 Å². The van der Waals surface area contributed by atoms with Crippen LogP contribution in [0.2, 0.25) is 0 Å². The Morgan fingerprint density at radius 3 is 2.50 bits per heavy atom. The fourth-order valence-corrected chi connectivity index (χ4v) is 1.81. The van der Waals surface area contributed by atoms with Gasteiger partial charge in [0.25, 0.3) is 0 Å². The molecule has 0 spiro atoms. The highest BCUT2D eigenvalue weighted by atomic mass is 79.9. The molecule has 1 rings (SSSR count). The smallest absolute Gasteiger partial charge is 0.124 e. The van der Waals surface area contributed by atoms with E-state index in [0.29, 0.717) is 10.7 Å². The van der Waals surface area contributed by atoms with E-state index in [1.807, 2.05) is 0 Å². The molecule has 0 radical (unpaired) electrons. The average molecular weight is 177 g/mol. The minimum absolute atomic E-state index is 0.301. The molecule has 0 aliphatic heterocycles. The highest BCUT2D eigenvalue weighted by molar-refractivity contribution is 9.09. The summed E-state index contributed by atoms with van der Waals surface area (Å²) in [5, 5.41) is 0. The van der Waals surface area contributed by atoms with Crippen molar-refractivity contribution >= 4 is 22.2 Å². The number of hydrogen-bond donors (Lipinski definition) is 0. The summed E-state index contributed by atoms with van der Waals surface area (Å²) in [5.41, 5.74) is 0. The van der Waals surface area contributed by atoms with Crippen LogP contribution in [0.15, 0.2) is 0 Å². The van der Waals surface area contributed by atoms with E-state index in [2.05, 4.69) is 15.9 Å². The topological polar surface area (TPSA) is 17.1 Å². The molecule has 2 heteroatoms. The predicted molar refractivity (Wildman–Crippen MR) is 36.1 cm³/mol. The SMILES string of the molecule is O=CC1CCC[C@@H]1Br. The van der Waals surface area contributed by atoms with E-state index in [9.17, 15) is 4.79 Å². The van der Waals surface area contributed by atoms with Crippen molar-refractivity contribution in [1.82, 2.24) is 0 Å². The molecule has 0 heterocycles. The molecule has 2 atom stereocenters. The van der Waals surface area contributed by atoms with Gasteiger partial charge in [0.05, 0.1) is 0 Å². The second kappa shape index (κ2) is 2.62. The van der Waals surface area contributed by atoms with E-state index in [4.69, 9.17) is 0 Å². The summed E-state index contributed by atoms with van der Waals surface area (Å²) in [7, 11) is 0. The zero-order chi connectivity index (χ0) is 5.98. The molecular formula is C6H9BrO. The molecule has 0 aromatic carbocycles. The minimum Gasteiger partial charge on any atom is -0.303 e. The Hall–Kier alpha value is 0.150. The lowest BCUT2D eigenvalue weighted by molar-refractivity contribution is -0.110. The monoisotopic (exact) mass is 176 g/mol. The maximum atomic E-state index is 10.2. The second-order valence-electron chi connectivity index (χ2n) is 2.25. The molecule has 1 fully saturated rings. The molecular weight excluding hydrogens is 168 g/mol. The number of hydrogen-bond acceptors (Lipinski definition) is 1. The van der Waals surface area contributed by atoms with Crippen molar-refractivity contribution in [3.63, 3.8) is 0 Å². The van der Waals surface area contributed by atoms with E-state index in [1.165, 1.54) is 12.8 Å². The lowest BCUT2D eigenvalue weighted by Gasteiger charge is -2.01. The Labute approximate surface area is 57.6 Å². The Kier molecular flexibility index (Phi) is 2.06. The Bertz CT molecular complexity index is 92.5. The lowest BCUT2D eigenvalue weighted by Crippen LogP contribution is -2.06. The molecule has 46 valence electrons. The van der Waals surface area contributed by atoms with Gasteiger partial charge in [-0.05, 0) is 12.8 Å². The van der Waals surface area contributed by atoms with Gasteiger partial charge in [0.15, 0.2) is 0 Å². The predicted octanol–water partition coefficient (Wildman–Crippen LogP) is 1.75. The molecule has 0 aromatic heterocycles. The molecule has 1 aliphatic carbocycles. The van der Waals surface area contributed by atoms with Crippen LogP contribution in [0.5, 0.6) is 0 Å². The van der Waals surface area contributed by atoms with Crippen molar-refractivity contribution in [3.05, 3.63) is 0 Å². The van der Waals surface area contributed by atoms with Crippen molar-refractivity contribution in [2.24, 2.45) is 5.92 Å². The van der Waals surface area contributed by atoms with Gasteiger partial charge in [0, 0.05) is 10.7 Å². The standard InChI is InChI=1S/C6H9BrO/c7-6-3-1-2-5(6)4-8/h4-6H,1-3H2/t5?,6-/m0/s1. The van der Waals surface area contributed by atoms with E-state index in [1.54, 1.807) is 0 Å². The largest absolute Gasteiger partial charge is 0.303 e. The third-order valence-corrected chi connectivity index (χ3v) is 2.79. The summed E-state index contributed by atoms with van der Waals surface area (Å²) >= 11 is 3.43. The number of carbonyl (C=O) groups excluding carboxylic acids is 1. The van der Waals surface area contributed by atoms with Crippen molar-refractivity contribution in [2.45, 2.75) is 24.1 Å². The number of aldehydes is 1. The normalized spacial score (nSPS) is 37.6. The fraction of sp³-hybridized carbons (Fsp3) is 0.833. The number of halogens is 1. The molecule has 1 unspecified atom stereocenters. The average Bonchev–Trinajstić information content (AvgIpc) is 2.14. The minimum atomic E-state index is 0.301. The Morgan fingerprint density at radius 2 is 2.25 bits per heavy atom.